The molecule has 1 unspecified atom stereocenters. The minimum Gasteiger partial charge on any atom is -0.351 e. The van der Waals surface area contributed by atoms with Crippen molar-refractivity contribution in [2.24, 2.45) is 0 Å². The molecule has 0 aromatic heterocycles. The third-order valence-corrected chi connectivity index (χ3v) is 7.64. The molecule has 2 rings (SSSR count). The lowest BCUT2D eigenvalue weighted by atomic mass is 10.2. The van der Waals surface area contributed by atoms with E-state index in [1.54, 1.807) is 57.2 Å². The topological polar surface area (TPSA) is 110 Å². The Bertz CT molecular complexity index is 973. The molecule has 162 valence electrons. The molecule has 0 spiro atoms. The first-order chi connectivity index (χ1) is 14.2. The lowest BCUT2D eigenvalue weighted by Gasteiger charge is -2.18. The van der Waals surface area contributed by atoms with Gasteiger partial charge in [-0.1, -0.05) is 26.0 Å². The van der Waals surface area contributed by atoms with Crippen LogP contribution in [0.3, 0.4) is 0 Å². The predicted octanol–water partition coefficient (Wildman–Crippen LogP) is 3.42. The molecule has 0 bridgehead atoms. The summed E-state index contributed by atoms with van der Waals surface area (Å²) in [7, 11) is -3.51. The SMILES string of the molecule is CCN(CC)S(=O)(=O)c1ccc(CNC(=O)C(C)Sc2ccc([N+](=O)[O-])cc2)cc1. The average molecular weight is 452 g/mol. The molecule has 0 radical (unpaired) electrons. The van der Waals surface area contributed by atoms with Crippen molar-refractivity contribution >= 4 is 33.4 Å². The Morgan fingerprint density at radius 2 is 1.67 bits per heavy atom. The predicted molar refractivity (Wildman–Crippen MR) is 117 cm³/mol. The van der Waals surface area contributed by atoms with Gasteiger partial charge in [-0.25, -0.2) is 8.42 Å². The lowest BCUT2D eigenvalue weighted by Crippen LogP contribution is -2.31. The van der Waals surface area contributed by atoms with Gasteiger partial charge in [0.15, 0.2) is 0 Å². The number of rotatable bonds is 10. The number of hydrogen-bond donors (Lipinski definition) is 1. The molecule has 0 heterocycles. The minimum atomic E-state index is -3.51. The first-order valence-electron chi connectivity index (χ1n) is 9.47. The van der Waals surface area contributed by atoms with E-state index in [0.29, 0.717) is 13.1 Å². The number of benzene rings is 2. The quantitative estimate of drug-likeness (QED) is 0.337. The van der Waals surface area contributed by atoms with E-state index in [-0.39, 0.29) is 23.0 Å². The van der Waals surface area contributed by atoms with Crippen LogP contribution in [0.2, 0.25) is 0 Å². The maximum atomic E-state index is 12.5. The summed E-state index contributed by atoms with van der Waals surface area (Å²) in [6.45, 7) is 6.42. The summed E-state index contributed by atoms with van der Waals surface area (Å²) < 4.78 is 26.4. The van der Waals surface area contributed by atoms with E-state index in [2.05, 4.69) is 5.32 Å². The summed E-state index contributed by atoms with van der Waals surface area (Å²) in [5.74, 6) is -0.182. The highest BCUT2D eigenvalue weighted by molar-refractivity contribution is 8.00. The summed E-state index contributed by atoms with van der Waals surface area (Å²) in [5.41, 5.74) is 0.789. The van der Waals surface area contributed by atoms with Crippen LogP contribution in [0.15, 0.2) is 58.3 Å². The largest absolute Gasteiger partial charge is 0.351 e. The van der Waals surface area contributed by atoms with Crippen LogP contribution in [0.5, 0.6) is 0 Å². The molecule has 0 aliphatic heterocycles. The molecule has 2 aromatic carbocycles. The van der Waals surface area contributed by atoms with Gasteiger partial charge in [0.05, 0.1) is 15.1 Å². The number of amides is 1. The molecule has 30 heavy (non-hydrogen) atoms. The van der Waals surface area contributed by atoms with Gasteiger partial charge in [0.25, 0.3) is 5.69 Å². The second-order valence-corrected chi connectivity index (χ2v) is 9.81. The molecule has 8 nitrogen and oxygen atoms in total. The number of thioether (sulfide) groups is 1. The van der Waals surface area contributed by atoms with Crippen molar-refractivity contribution in [1.82, 2.24) is 9.62 Å². The smallest absolute Gasteiger partial charge is 0.269 e. The number of hydrogen-bond acceptors (Lipinski definition) is 6. The second-order valence-electron chi connectivity index (χ2n) is 6.46. The molecule has 10 heteroatoms. The van der Waals surface area contributed by atoms with E-state index < -0.39 is 20.2 Å². The van der Waals surface area contributed by atoms with Gasteiger partial charge in [-0.2, -0.15) is 4.31 Å². The van der Waals surface area contributed by atoms with Gasteiger partial charge >= 0.3 is 0 Å². The molecule has 1 atom stereocenters. The molecule has 1 N–H and O–H groups in total. The van der Waals surface area contributed by atoms with Gasteiger partial charge in [0.1, 0.15) is 0 Å². The Balaban J connectivity index is 1.93. The van der Waals surface area contributed by atoms with Crippen LogP contribution in [0.25, 0.3) is 0 Å². The van der Waals surface area contributed by atoms with Gasteiger partial charge in [-0.15, -0.1) is 11.8 Å². The van der Waals surface area contributed by atoms with Crippen molar-refractivity contribution in [2.75, 3.05) is 13.1 Å². The van der Waals surface area contributed by atoms with Crippen LogP contribution in [0.1, 0.15) is 26.3 Å². The Morgan fingerprint density at radius 3 is 2.17 bits per heavy atom. The summed E-state index contributed by atoms with van der Waals surface area (Å²) in [5, 5.41) is 13.1. The number of nitrogens with zero attached hydrogens (tertiary/aromatic N) is 2. The van der Waals surface area contributed by atoms with E-state index >= 15 is 0 Å². The maximum Gasteiger partial charge on any atom is 0.269 e. The minimum absolute atomic E-state index is 0.00269. The number of carbonyl (C=O) groups is 1. The van der Waals surface area contributed by atoms with Crippen LogP contribution >= 0.6 is 11.8 Å². The molecule has 0 saturated carbocycles. The number of carbonyl (C=O) groups excluding carboxylic acids is 1. The zero-order valence-electron chi connectivity index (χ0n) is 17.1. The highest BCUT2D eigenvalue weighted by Gasteiger charge is 2.21. The van der Waals surface area contributed by atoms with Crippen molar-refractivity contribution < 1.29 is 18.1 Å². The zero-order chi connectivity index (χ0) is 22.3. The number of nitro groups is 1. The molecule has 2 aromatic rings. The van der Waals surface area contributed by atoms with Crippen LogP contribution in [0.4, 0.5) is 5.69 Å². The van der Waals surface area contributed by atoms with Crippen LogP contribution in [-0.2, 0) is 21.4 Å². The molecular formula is C20H25N3O5S2. The summed E-state index contributed by atoms with van der Waals surface area (Å²) in [6, 6.07) is 12.5. The first kappa shape index (κ1) is 23.8. The van der Waals surface area contributed by atoms with Crippen molar-refractivity contribution in [3.05, 3.63) is 64.2 Å². The molecular weight excluding hydrogens is 426 g/mol. The third-order valence-electron chi connectivity index (χ3n) is 4.46. The monoisotopic (exact) mass is 451 g/mol. The number of nitro benzene ring substituents is 1. The van der Waals surface area contributed by atoms with Crippen molar-refractivity contribution in [3.63, 3.8) is 0 Å². The molecule has 1 amide bonds. The molecule has 0 fully saturated rings. The molecule has 0 aliphatic carbocycles. The Morgan fingerprint density at radius 1 is 1.10 bits per heavy atom. The summed E-state index contributed by atoms with van der Waals surface area (Å²) in [4.78, 5) is 23.6. The fourth-order valence-corrected chi connectivity index (χ4v) is 5.08. The van der Waals surface area contributed by atoms with E-state index in [0.717, 1.165) is 10.5 Å². The van der Waals surface area contributed by atoms with Gasteiger partial charge in [0, 0.05) is 36.7 Å². The fourth-order valence-electron chi connectivity index (χ4n) is 2.73. The highest BCUT2D eigenvalue weighted by atomic mass is 32.2. The number of sulfonamides is 1. The van der Waals surface area contributed by atoms with Crippen LogP contribution in [-0.4, -0.2) is 41.9 Å². The van der Waals surface area contributed by atoms with Gasteiger partial charge in [-0.05, 0) is 36.8 Å². The van der Waals surface area contributed by atoms with E-state index in [1.807, 2.05) is 0 Å². The second kappa shape index (κ2) is 10.6. The molecule has 0 saturated heterocycles. The fraction of sp³-hybridized carbons (Fsp3) is 0.350. The van der Waals surface area contributed by atoms with E-state index in [9.17, 15) is 23.3 Å². The van der Waals surface area contributed by atoms with Crippen LogP contribution < -0.4 is 5.32 Å². The standard InChI is InChI=1S/C20H25N3O5S2/c1-4-22(5-2)30(27,28)19-12-6-16(7-13-19)14-21-20(24)15(3)29-18-10-8-17(9-11-18)23(25)26/h6-13,15H,4-5,14H2,1-3H3,(H,21,24). The van der Waals surface area contributed by atoms with Crippen LogP contribution in [0, 0.1) is 10.1 Å². The van der Waals surface area contributed by atoms with Gasteiger partial charge < -0.3 is 5.32 Å². The van der Waals surface area contributed by atoms with Crippen molar-refractivity contribution in [3.8, 4) is 0 Å². The maximum absolute atomic E-state index is 12.5. The Kier molecular flexibility index (Phi) is 8.39. The molecule has 0 aliphatic rings. The normalized spacial score (nSPS) is 12.5. The van der Waals surface area contributed by atoms with Gasteiger partial charge in [-0.3, -0.25) is 14.9 Å². The van der Waals surface area contributed by atoms with Crippen molar-refractivity contribution in [2.45, 2.75) is 42.4 Å². The van der Waals surface area contributed by atoms with Gasteiger partial charge in [0.2, 0.25) is 15.9 Å². The van der Waals surface area contributed by atoms with E-state index in [4.69, 9.17) is 0 Å². The Hall–Kier alpha value is -2.43. The Labute approximate surface area is 180 Å². The third kappa shape index (κ3) is 6.04. The average Bonchev–Trinajstić information content (AvgIpc) is 2.73. The zero-order valence-corrected chi connectivity index (χ0v) is 18.7. The lowest BCUT2D eigenvalue weighted by molar-refractivity contribution is -0.384. The first-order valence-corrected chi connectivity index (χ1v) is 11.8. The highest BCUT2D eigenvalue weighted by Crippen LogP contribution is 2.25. The number of non-ortho nitro benzene ring substituents is 1. The summed E-state index contributed by atoms with van der Waals surface area (Å²) >= 11 is 1.30. The van der Waals surface area contributed by atoms with E-state index in [1.165, 1.54) is 28.2 Å². The van der Waals surface area contributed by atoms with Crippen molar-refractivity contribution in [1.29, 1.82) is 0 Å². The number of nitrogens with one attached hydrogen (secondary N) is 1. The summed E-state index contributed by atoms with van der Waals surface area (Å²) in [6.07, 6.45) is 0.